The molecule has 32 heavy (non-hydrogen) atoms. The van der Waals surface area contributed by atoms with E-state index in [0.29, 0.717) is 17.8 Å². The smallest absolute Gasteiger partial charge is 0.270 e. The van der Waals surface area contributed by atoms with Crippen LogP contribution in [0.25, 0.3) is 6.08 Å². The van der Waals surface area contributed by atoms with E-state index in [0.717, 1.165) is 37.7 Å². The lowest BCUT2D eigenvalue weighted by Crippen LogP contribution is -2.60. The fourth-order valence-corrected chi connectivity index (χ4v) is 7.76. The first-order chi connectivity index (χ1) is 15.1. The number of aliphatic hydroxyl groups is 1. The summed E-state index contributed by atoms with van der Waals surface area (Å²) in [5, 5.41) is 22.1. The summed E-state index contributed by atoms with van der Waals surface area (Å²) in [4.78, 5) is 25.4. The molecular weight excluding hydrogens is 404 g/mol. The van der Waals surface area contributed by atoms with Crippen LogP contribution in [0, 0.1) is 38.7 Å². The Labute approximate surface area is 189 Å². The molecule has 1 aromatic rings. The van der Waals surface area contributed by atoms with E-state index in [9.17, 15) is 20.0 Å². The number of hydrogen-bond donors (Lipinski definition) is 1. The monoisotopic (exact) mass is 436 g/mol. The summed E-state index contributed by atoms with van der Waals surface area (Å²) in [7, 11) is 1.88. The van der Waals surface area contributed by atoms with Gasteiger partial charge in [0.2, 0.25) is 5.91 Å². The maximum absolute atomic E-state index is 12.7. The molecule has 3 aliphatic carbocycles. The number of nitro groups is 1. The van der Waals surface area contributed by atoms with Crippen LogP contribution in [0.3, 0.4) is 0 Å². The molecular formula is C26H32N2O4. The number of aliphatic hydroxyl groups excluding tert-OH is 1. The zero-order chi connectivity index (χ0) is 22.8. The number of nitro benzene ring substituents is 1. The van der Waals surface area contributed by atoms with Crippen LogP contribution in [0.4, 0.5) is 5.69 Å². The molecule has 2 unspecified atom stereocenters. The van der Waals surface area contributed by atoms with Crippen LogP contribution >= 0.6 is 0 Å². The minimum Gasteiger partial charge on any atom is -0.393 e. The molecule has 1 N–H and O–H groups in total. The number of hydrogen-bond acceptors (Lipinski definition) is 4. The van der Waals surface area contributed by atoms with E-state index in [1.807, 2.05) is 18.0 Å². The van der Waals surface area contributed by atoms with E-state index in [1.165, 1.54) is 11.6 Å². The first-order valence-corrected chi connectivity index (χ1v) is 11.7. The molecule has 0 aromatic heterocycles. The highest BCUT2D eigenvalue weighted by atomic mass is 16.6. The molecule has 4 aliphatic rings. The molecule has 170 valence electrons. The van der Waals surface area contributed by atoms with Crippen LogP contribution in [0.2, 0.25) is 0 Å². The van der Waals surface area contributed by atoms with Crippen molar-refractivity contribution in [1.29, 1.82) is 0 Å². The molecule has 0 spiro atoms. The van der Waals surface area contributed by atoms with E-state index in [4.69, 9.17) is 0 Å². The zero-order valence-electron chi connectivity index (χ0n) is 19.0. The van der Waals surface area contributed by atoms with E-state index < -0.39 is 0 Å². The molecule has 1 amide bonds. The Morgan fingerprint density at radius 1 is 1.22 bits per heavy atom. The van der Waals surface area contributed by atoms with Gasteiger partial charge in [-0.2, -0.15) is 0 Å². The second-order valence-corrected chi connectivity index (χ2v) is 10.8. The number of amides is 1. The normalized spacial score (nSPS) is 41.9. The molecule has 0 saturated heterocycles. The number of likely N-dealkylation sites (N-methyl/N-ethyl adjacent to an activating group) is 1. The SMILES string of the molecule is CN1C(=O)C=C[C@@]2(C)C1C(=Cc1cccc([N+](=O)[O-])c1)C[C@@H]1[C@H]2CC[C@]2(C)C(O)CC[C@@H]12. The Kier molecular flexibility index (Phi) is 4.86. The van der Waals surface area contributed by atoms with Crippen LogP contribution in [0.1, 0.15) is 51.5 Å². The van der Waals surface area contributed by atoms with Crippen LogP contribution in [-0.2, 0) is 4.79 Å². The Balaban J connectivity index is 1.62. The number of benzene rings is 1. The Bertz CT molecular complexity index is 1030. The topological polar surface area (TPSA) is 83.7 Å². The molecule has 6 nitrogen and oxygen atoms in total. The predicted octanol–water partition coefficient (Wildman–Crippen LogP) is 4.59. The van der Waals surface area contributed by atoms with Crippen LogP contribution in [0.15, 0.2) is 42.0 Å². The summed E-state index contributed by atoms with van der Waals surface area (Å²) in [6, 6.07) is 6.68. The third-order valence-corrected chi connectivity index (χ3v) is 9.35. The molecule has 3 saturated carbocycles. The number of carbonyl (C=O) groups is 1. The largest absolute Gasteiger partial charge is 0.393 e. The number of nitrogens with zero attached hydrogens (tertiary/aromatic N) is 2. The quantitative estimate of drug-likeness (QED) is 0.543. The van der Waals surface area contributed by atoms with E-state index in [2.05, 4.69) is 26.0 Å². The van der Waals surface area contributed by atoms with Gasteiger partial charge in [-0.05, 0) is 72.5 Å². The average Bonchev–Trinajstić information content (AvgIpc) is 3.06. The van der Waals surface area contributed by atoms with Crippen molar-refractivity contribution in [2.24, 2.45) is 28.6 Å². The molecule has 5 rings (SSSR count). The van der Waals surface area contributed by atoms with Gasteiger partial charge in [0.15, 0.2) is 0 Å². The van der Waals surface area contributed by atoms with Gasteiger partial charge in [-0.1, -0.05) is 38.1 Å². The lowest BCUT2D eigenvalue weighted by molar-refractivity contribution is -0.384. The second-order valence-electron chi connectivity index (χ2n) is 10.8. The van der Waals surface area contributed by atoms with Crippen molar-refractivity contribution in [3.8, 4) is 0 Å². The van der Waals surface area contributed by atoms with Crippen LogP contribution in [-0.4, -0.2) is 40.0 Å². The molecule has 1 aliphatic heterocycles. The van der Waals surface area contributed by atoms with Crippen molar-refractivity contribution in [1.82, 2.24) is 4.90 Å². The fraction of sp³-hybridized carbons (Fsp3) is 0.577. The molecule has 1 aromatic carbocycles. The Morgan fingerprint density at radius 3 is 2.75 bits per heavy atom. The number of non-ortho nitro benzene ring substituents is 1. The average molecular weight is 437 g/mol. The first kappa shape index (κ1) is 21.4. The maximum atomic E-state index is 12.7. The van der Waals surface area contributed by atoms with Gasteiger partial charge in [-0.15, -0.1) is 0 Å². The molecule has 0 radical (unpaired) electrons. The summed E-state index contributed by atoms with van der Waals surface area (Å²) < 4.78 is 0. The van der Waals surface area contributed by atoms with Gasteiger partial charge in [-0.3, -0.25) is 14.9 Å². The highest BCUT2D eigenvalue weighted by Crippen LogP contribution is 2.64. The summed E-state index contributed by atoms with van der Waals surface area (Å²) in [5.74, 6) is 1.35. The predicted molar refractivity (Wildman–Crippen MR) is 123 cm³/mol. The van der Waals surface area contributed by atoms with Crippen molar-refractivity contribution in [2.45, 2.75) is 58.1 Å². The van der Waals surface area contributed by atoms with Crippen molar-refractivity contribution >= 4 is 17.7 Å². The van der Waals surface area contributed by atoms with Gasteiger partial charge in [0, 0.05) is 24.6 Å². The first-order valence-electron chi connectivity index (χ1n) is 11.7. The van der Waals surface area contributed by atoms with Gasteiger partial charge in [0.05, 0.1) is 17.1 Å². The molecule has 6 heteroatoms. The van der Waals surface area contributed by atoms with Crippen molar-refractivity contribution in [2.75, 3.05) is 7.05 Å². The van der Waals surface area contributed by atoms with Gasteiger partial charge >= 0.3 is 0 Å². The summed E-state index contributed by atoms with van der Waals surface area (Å²) in [6.45, 7) is 4.54. The lowest BCUT2D eigenvalue weighted by atomic mass is 9.47. The number of carbonyl (C=O) groups excluding carboxylic acids is 1. The van der Waals surface area contributed by atoms with Crippen molar-refractivity contribution in [3.63, 3.8) is 0 Å². The van der Waals surface area contributed by atoms with Gasteiger partial charge < -0.3 is 10.0 Å². The van der Waals surface area contributed by atoms with Gasteiger partial charge in [0.1, 0.15) is 0 Å². The van der Waals surface area contributed by atoms with Crippen molar-refractivity contribution < 1.29 is 14.8 Å². The maximum Gasteiger partial charge on any atom is 0.270 e. The standard InChI is InChI=1S/C26H32N2O4/c1-25-11-9-21-19(20(25)7-8-22(25)29)15-17(13-16-5-4-6-18(14-16)28(31)32)24-26(21,2)12-10-23(30)27(24)3/h4-6,10,12-14,19-22,24,29H,7-9,11,15H2,1-3H3/t19-,20-,21+,22?,24?,25-,26+/m0/s1. The summed E-state index contributed by atoms with van der Waals surface area (Å²) in [6.07, 6.45) is 10.5. The molecule has 3 fully saturated rings. The zero-order valence-corrected chi connectivity index (χ0v) is 19.0. The molecule has 7 atom stereocenters. The summed E-state index contributed by atoms with van der Waals surface area (Å²) in [5.41, 5.74) is 1.82. The van der Waals surface area contributed by atoms with Crippen LogP contribution < -0.4 is 0 Å². The van der Waals surface area contributed by atoms with Gasteiger partial charge in [0.25, 0.3) is 5.69 Å². The van der Waals surface area contributed by atoms with E-state index in [1.54, 1.807) is 18.2 Å². The third-order valence-electron chi connectivity index (χ3n) is 9.35. The highest BCUT2D eigenvalue weighted by Gasteiger charge is 2.61. The van der Waals surface area contributed by atoms with Gasteiger partial charge in [-0.25, -0.2) is 0 Å². The van der Waals surface area contributed by atoms with E-state index in [-0.39, 0.29) is 39.5 Å². The Morgan fingerprint density at radius 2 is 2.00 bits per heavy atom. The second kappa shape index (κ2) is 7.27. The third kappa shape index (κ3) is 2.99. The van der Waals surface area contributed by atoms with Crippen LogP contribution in [0.5, 0.6) is 0 Å². The van der Waals surface area contributed by atoms with Crippen molar-refractivity contribution in [3.05, 3.63) is 57.7 Å². The Hall–Kier alpha value is -2.47. The highest BCUT2D eigenvalue weighted by molar-refractivity contribution is 5.89. The minimum absolute atomic E-state index is 0.00723. The molecule has 1 heterocycles. The number of fused-ring (bicyclic) bond motifs is 5. The number of rotatable bonds is 2. The summed E-state index contributed by atoms with van der Waals surface area (Å²) >= 11 is 0. The molecule has 0 bridgehead atoms. The minimum atomic E-state index is -0.367. The van der Waals surface area contributed by atoms with E-state index >= 15 is 0 Å². The fourth-order valence-electron chi connectivity index (χ4n) is 7.76. The lowest BCUT2D eigenvalue weighted by Gasteiger charge is -2.60.